The van der Waals surface area contributed by atoms with Gasteiger partial charge in [-0.25, -0.2) is 4.98 Å². The maximum atomic E-state index is 4.23. The number of rotatable bonds is 3. The summed E-state index contributed by atoms with van der Waals surface area (Å²) in [6.45, 7) is 0.611. The van der Waals surface area contributed by atoms with E-state index in [2.05, 4.69) is 25.5 Å². The lowest BCUT2D eigenvalue weighted by Gasteiger charge is -2.05. The minimum atomic E-state index is 0.611. The zero-order valence-electron chi connectivity index (χ0n) is 8.98. The highest BCUT2D eigenvalue weighted by Crippen LogP contribution is 2.10. The summed E-state index contributed by atoms with van der Waals surface area (Å²) in [4.78, 5) is 8.46. The normalized spacial score (nSPS) is 10.6. The number of fused-ring (bicyclic) bond motifs is 1. The Morgan fingerprint density at radius 1 is 1.18 bits per heavy atom. The van der Waals surface area contributed by atoms with E-state index in [9.17, 15) is 0 Å². The molecule has 0 aromatic carbocycles. The molecule has 6 nitrogen and oxygen atoms in total. The van der Waals surface area contributed by atoms with Gasteiger partial charge in [-0.15, -0.1) is 10.2 Å². The monoisotopic (exact) mass is 226 g/mol. The average molecular weight is 226 g/mol. The van der Waals surface area contributed by atoms with Gasteiger partial charge in [0.25, 0.3) is 0 Å². The summed E-state index contributed by atoms with van der Waals surface area (Å²) in [5.41, 5.74) is 1.67. The molecule has 3 rings (SSSR count). The molecule has 0 saturated carbocycles. The van der Waals surface area contributed by atoms with Gasteiger partial charge in [-0.1, -0.05) is 6.07 Å². The summed E-state index contributed by atoms with van der Waals surface area (Å²) in [7, 11) is 0. The summed E-state index contributed by atoms with van der Waals surface area (Å²) < 4.78 is 1.81. The van der Waals surface area contributed by atoms with Crippen molar-refractivity contribution >= 4 is 11.5 Å². The first-order chi connectivity index (χ1) is 8.43. The van der Waals surface area contributed by atoms with Crippen molar-refractivity contribution in [2.24, 2.45) is 0 Å². The molecule has 1 N–H and O–H groups in total. The predicted molar refractivity (Wildman–Crippen MR) is 62.3 cm³/mol. The van der Waals surface area contributed by atoms with E-state index in [1.807, 2.05) is 22.6 Å². The van der Waals surface area contributed by atoms with Gasteiger partial charge in [0.2, 0.25) is 5.65 Å². The van der Waals surface area contributed by atoms with Crippen LogP contribution < -0.4 is 5.32 Å². The van der Waals surface area contributed by atoms with Gasteiger partial charge in [0.05, 0.1) is 12.2 Å². The summed E-state index contributed by atoms with van der Waals surface area (Å²) in [6.07, 6.45) is 6.92. The van der Waals surface area contributed by atoms with Crippen LogP contribution in [0.25, 0.3) is 5.65 Å². The highest BCUT2D eigenvalue weighted by Gasteiger charge is 2.03. The Kier molecular flexibility index (Phi) is 2.38. The highest BCUT2D eigenvalue weighted by molar-refractivity contribution is 5.61. The maximum absolute atomic E-state index is 4.23. The molecule has 84 valence electrons. The maximum Gasteiger partial charge on any atom is 0.203 e. The summed E-state index contributed by atoms with van der Waals surface area (Å²) in [5.74, 6) is 0.704. The number of hydrogen-bond donors (Lipinski definition) is 1. The zero-order valence-corrected chi connectivity index (χ0v) is 8.98. The Morgan fingerprint density at radius 2 is 2.18 bits per heavy atom. The second-order valence-corrected chi connectivity index (χ2v) is 3.51. The Hall–Kier alpha value is -2.50. The van der Waals surface area contributed by atoms with Crippen LogP contribution in [0.3, 0.4) is 0 Å². The first kappa shape index (κ1) is 9.71. The molecule has 0 unspecified atom stereocenters. The molecule has 0 aliphatic carbocycles. The van der Waals surface area contributed by atoms with Crippen molar-refractivity contribution in [3.05, 3.63) is 48.8 Å². The van der Waals surface area contributed by atoms with Crippen molar-refractivity contribution in [1.82, 2.24) is 24.6 Å². The van der Waals surface area contributed by atoms with Crippen LogP contribution in [0.2, 0.25) is 0 Å². The van der Waals surface area contributed by atoms with Crippen LogP contribution in [0.15, 0.2) is 43.1 Å². The van der Waals surface area contributed by atoms with Crippen molar-refractivity contribution in [3.8, 4) is 0 Å². The largest absolute Gasteiger partial charge is 0.361 e. The van der Waals surface area contributed by atoms with Gasteiger partial charge in [0.15, 0.2) is 5.82 Å². The average Bonchev–Trinajstić information content (AvgIpc) is 2.86. The van der Waals surface area contributed by atoms with Crippen molar-refractivity contribution in [2.45, 2.75) is 6.54 Å². The Balaban J connectivity index is 1.84. The third-order valence-corrected chi connectivity index (χ3v) is 2.38. The topological polar surface area (TPSA) is 68.0 Å². The fourth-order valence-corrected chi connectivity index (χ4v) is 1.56. The molecular formula is C11H10N6. The van der Waals surface area contributed by atoms with E-state index >= 15 is 0 Å². The van der Waals surface area contributed by atoms with Gasteiger partial charge >= 0.3 is 0 Å². The Morgan fingerprint density at radius 3 is 3.06 bits per heavy atom. The van der Waals surface area contributed by atoms with E-state index in [-0.39, 0.29) is 0 Å². The highest BCUT2D eigenvalue weighted by atomic mass is 15.2. The van der Waals surface area contributed by atoms with E-state index in [4.69, 9.17) is 0 Å². The predicted octanol–water partition coefficient (Wildman–Crippen LogP) is 1.13. The number of pyridine rings is 1. The molecule has 0 bridgehead atoms. The summed E-state index contributed by atoms with van der Waals surface area (Å²) in [6, 6.07) is 5.80. The van der Waals surface area contributed by atoms with E-state index in [0.29, 0.717) is 18.0 Å². The minimum absolute atomic E-state index is 0.611. The fourth-order valence-electron chi connectivity index (χ4n) is 1.56. The number of nitrogens with one attached hydrogen (secondary N) is 1. The van der Waals surface area contributed by atoms with Gasteiger partial charge in [0, 0.05) is 18.6 Å². The molecule has 3 aromatic heterocycles. The molecule has 0 radical (unpaired) electrons. The molecule has 6 heteroatoms. The summed E-state index contributed by atoms with van der Waals surface area (Å²) >= 11 is 0. The van der Waals surface area contributed by atoms with Gasteiger partial charge in [-0.2, -0.15) is 0 Å². The Labute approximate surface area is 97.4 Å². The second kappa shape index (κ2) is 4.17. The first-order valence-corrected chi connectivity index (χ1v) is 5.21. The van der Waals surface area contributed by atoms with E-state index in [1.54, 1.807) is 24.9 Å². The van der Waals surface area contributed by atoms with Crippen LogP contribution in [0.1, 0.15) is 5.69 Å². The minimum Gasteiger partial charge on any atom is -0.361 e. The van der Waals surface area contributed by atoms with Crippen LogP contribution in [-0.2, 0) is 6.54 Å². The number of anilines is 1. The molecule has 0 spiro atoms. The van der Waals surface area contributed by atoms with E-state index < -0.39 is 0 Å². The Bertz CT molecular complexity index is 618. The third kappa shape index (κ3) is 1.92. The molecule has 0 fully saturated rings. The van der Waals surface area contributed by atoms with E-state index in [1.165, 1.54) is 0 Å². The second-order valence-electron chi connectivity index (χ2n) is 3.51. The molecule has 0 aliphatic rings. The number of nitrogens with zero attached hydrogens (tertiary/aromatic N) is 5. The van der Waals surface area contributed by atoms with Crippen LogP contribution in [0.4, 0.5) is 5.82 Å². The molecule has 3 heterocycles. The number of aromatic nitrogens is 5. The zero-order chi connectivity index (χ0) is 11.5. The molecule has 0 amide bonds. The SMILES string of the molecule is c1ccc(CNc2nccn3cnnc23)nc1. The van der Waals surface area contributed by atoms with Crippen molar-refractivity contribution in [2.75, 3.05) is 5.32 Å². The van der Waals surface area contributed by atoms with Crippen LogP contribution >= 0.6 is 0 Å². The smallest absolute Gasteiger partial charge is 0.203 e. The van der Waals surface area contributed by atoms with Crippen LogP contribution in [0, 0.1) is 0 Å². The first-order valence-electron chi connectivity index (χ1n) is 5.21. The molecule has 3 aromatic rings. The molecular weight excluding hydrogens is 216 g/mol. The van der Waals surface area contributed by atoms with E-state index in [0.717, 1.165) is 5.69 Å². The van der Waals surface area contributed by atoms with Gasteiger partial charge in [0.1, 0.15) is 6.33 Å². The van der Waals surface area contributed by atoms with Gasteiger partial charge in [-0.3, -0.25) is 9.38 Å². The molecule has 0 atom stereocenters. The van der Waals surface area contributed by atoms with Crippen molar-refractivity contribution in [3.63, 3.8) is 0 Å². The lowest BCUT2D eigenvalue weighted by molar-refractivity contribution is 1.02. The molecule has 0 saturated heterocycles. The number of hydrogen-bond acceptors (Lipinski definition) is 5. The lowest BCUT2D eigenvalue weighted by atomic mass is 10.3. The molecule has 17 heavy (non-hydrogen) atoms. The van der Waals surface area contributed by atoms with Crippen molar-refractivity contribution in [1.29, 1.82) is 0 Å². The lowest BCUT2D eigenvalue weighted by Crippen LogP contribution is -2.04. The quantitative estimate of drug-likeness (QED) is 0.725. The van der Waals surface area contributed by atoms with Crippen LogP contribution in [-0.4, -0.2) is 24.6 Å². The molecule has 0 aliphatic heterocycles. The van der Waals surface area contributed by atoms with Gasteiger partial charge in [-0.05, 0) is 12.1 Å². The standard InChI is InChI=1S/C11H10N6/c1-2-4-12-9(3-1)7-14-10-11-16-15-8-17(11)6-5-13-10/h1-6,8H,7H2,(H,13,14). The van der Waals surface area contributed by atoms with Crippen LogP contribution in [0.5, 0.6) is 0 Å². The third-order valence-electron chi connectivity index (χ3n) is 2.38. The fraction of sp³-hybridized carbons (Fsp3) is 0.0909. The van der Waals surface area contributed by atoms with Gasteiger partial charge < -0.3 is 5.32 Å². The van der Waals surface area contributed by atoms with Crippen molar-refractivity contribution < 1.29 is 0 Å². The summed E-state index contributed by atoms with van der Waals surface area (Å²) in [5, 5.41) is 11.0.